The maximum Gasteiger partial charge on any atom is 0.393 e. The van der Waals surface area contributed by atoms with Crippen molar-refractivity contribution in [3.8, 4) is 6.07 Å². The number of anilines is 1. The summed E-state index contributed by atoms with van der Waals surface area (Å²) in [4.78, 5) is 14.4. The average molecular weight is 623 g/mol. The van der Waals surface area contributed by atoms with Crippen LogP contribution in [0, 0.1) is 23.7 Å². The van der Waals surface area contributed by atoms with E-state index < -0.39 is 12.6 Å². The molecule has 8 nitrogen and oxygen atoms in total. The Bertz CT molecular complexity index is 1710. The van der Waals surface area contributed by atoms with Crippen molar-refractivity contribution in [2.75, 3.05) is 51.1 Å². The molecule has 7 rings (SSSR count). The molecule has 1 aromatic carbocycles. The number of halogens is 3. The topological polar surface area (TPSA) is 85.0 Å². The Morgan fingerprint density at radius 1 is 1.09 bits per heavy atom. The molecule has 3 aliphatic heterocycles. The minimum absolute atomic E-state index is 0.192. The summed E-state index contributed by atoms with van der Waals surface area (Å²) in [5.74, 6) is 0.613. The average Bonchev–Trinajstić information content (AvgIpc) is 3.69. The fourth-order valence-corrected chi connectivity index (χ4v) is 8.25. The normalized spacial score (nSPS) is 19.6. The molecule has 3 saturated heterocycles. The predicted octanol–water partition coefficient (Wildman–Crippen LogP) is 5.30. The number of rotatable bonds is 8. The number of aryl methyl sites for hydroxylation is 1. The number of hydrogen-bond acceptors (Lipinski definition) is 8. The smallest absolute Gasteiger partial charge is 0.367 e. The molecule has 0 aliphatic carbocycles. The first-order chi connectivity index (χ1) is 21.2. The van der Waals surface area contributed by atoms with Gasteiger partial charge in [-0.2, -0.15) is 18.4 Å². The summed E-state index contributed by atoms with van der Waals surface area (Å²) in [7, 11) is 0. The highest BCUT2D eigenvalue weighted by molar-refractivity contribution is 7.18. The van der Waals surface area contributed by atoms with Gasteiger partial charge in [0.1, 0.15) is 28.7 Å². The number of fused-ring (bicyclic) bond motifs is 2. The molecule has 0 amide bonds. The Labute approximate surface area is 258 Å². The van der Waals surface area contributed by atoms with Gasteiger partial charge in [-0.1, -0.05) is 6.07 Å². The summed E-state index contributed by atoms with van der Waals surface area (Å²) in [6, 6.07) is 10.7. The number of nitrogens with zero attached hydrogens (tertiary/aromatic N) is 6. The SMILES string of the molecule is Cc1c(CN2CCC(Nc3ncnc4sc(CC(F)(F)F)cc34)CC2)ccc2c1cc(C#N)n2CCN1CCC2(CNC2)C1. The third-order valence-electron chi connectivity index (χ3n) is 9.82. The Kier molecular flexibility index (Phi) is 7.77. The fourth-order valence-electron chi connectivity index (χ4n) is 7.23. The van der Waals surface area contributed by atoms with E-state index >= 15 is 0 Å². The van der Waals surface area contributed by atoms with E-state index in [1.807, 2.05) is 0 Å². The van der Waals surface area contributed by atoms with Crippen molar-refractivity contribution in [3.05, 3.63) is 52.3 Å². The van der Waals surface area contributed by atoms with Crippen molar-refractivity contribution in [2.24, 2.45) is 5.41 Å². The van der Waals surface area contributed by atoms with E-state index in [4.69, 9.17) is 0 Å². The van der Waals surface area contributed by atoms with E-state index in [1.165, 1.54) is 23.9 Å². The number of hydrogen-bond donors (Lipinski definition) is 2. The summed E-state index contributed by atoms with van der Waals surface area (Å²) < 4.78 is 41.0. The van der Waals surface area contributed by atoms with Gasteiger partial charge in [-0.05, 0) is 62.1 Å². The van der Waals surface area contributed by atoms with Crippen LogP contribution in [0.25, 0.3) is 21.1 Å². The number of likely N-dealkylation sites (tertiary alicyclic amines) is 2. The summed E-state index contributed by atoms with van der Waals surface area (Å²) >= 11 is 1.08. The van der Waals surface area contributed by atoms with Crippen LogP contribution in [0.3, 0.4) is 0 Å². The second-order valence-corrected chi connectivity index (χ2v) is 14.0. The molecule has 232 valence electrons. The van der Waals surface area contributed by atoms with E-state index in [2.05, 4.69) is 66.2 Å². The zero-order chi connectivity index (χ0) is 30.5. The summed E-state index contributed by atoms with van der Waals surface area (Å²) in [5.41, 5.74) is 4.84. The van der Waals surface area contributed by atoms with Crippen LogP contribution in [0.2, 0.25) is 0 Å². The molecule has 0 unspecified atom stereocenters. The lowest BCUT2D eigenvalue weighted by molar-refractivity contribution is -0.126. The molecule has 0 atom stereocenters. The number of piperidine rings is 1. The molecule has 0 radical (unpaired) electrons. The van der Waals surface area contributed by atoms with Crippen LogP contribution in [0.5, 0.6) is 0 Å². The Morgan fingerprint density at radius 3 is 2.61 bits per heavy atom. The van der Waals surface area contributed by atoms with Crippen LogP contribution in [0.15, 0.2) is 30.6 Å². The Balaban J connectivity index is 0.978. The number of benzene rings is 1. The van der Waals surface area contributed by atoms with E-state index in [0.29, 0.717) is 21.4 Å². The second kappa shape index (κ2) is 11.6. The van der Waals surface area contributed by atoms with Crippen molar-refractivity contribution in [3.63, 3.8) is 0 Å². The van der Waals surface area contributed by atoms with E-state index in [1.54, 1.807) is 6.07 Å². The van der Waals surface area contributed by atoms with Crippen molar-refractivity contribution in [2.45, 2.75) is 57.9 Å². The molecule has 0 saturated carbocycles. The van der Waals surface area contributed by atoms with Gasteiger partial charge in [-0.3, -0.25) is 4.90 Å². The van der Waals surface area contributed by atoms with Gasteiger partial charge in [-0.15, -0.1) is 11.3 Å². The third kappa shape index (κ3) is 5.90. The molecule has 2 N–H and O–H groups in total. The van der Waals surface area contributed by atoms with Gasteiger partial charge in [0.15, 0.2) is 0 Å². The molecule has 12 heteroatoms. The van der Waals surface area contributed by atoms with Crippen LogP contribution in [-0.4, -0.2) is 82.4 Å². The quantitative estimate of drug-likeness (QED) is 0.276. The largest absolute Gasteiger partial charge is 0.393 e. The second-order valence-electron chi connectivity index (χ2n) is 12.8. The van der Waals surface area contributed by atoms with Crippen molar-refractivity contribution in [1.82, 2.24) is 29.7 Å². The van der Waals surface area contributed by atoms with E-state index in [-0.39, 0.29) is 10.9 Å². The maximum atomic E-state index is 12.9. The van der Waals surface area contributed by atoms with Crippen LogP contribution in [0.1, 0.15) is 41.0 Å². The van der Waals surface area contributed by atoms with Gasteiger partial charge in [0, 0.05) is 79.6 Å². The highest BCUT2D eigenvalue weighted by Gasteiger charge is 2.42. The Hall–Kier alpha value is -3.24. The van der Waals surface area contributed by atoms with Crippen LogP contribution >= 0.6 is 11.3 Å². The maximum absolute atomic E-state index is 12.9. The lowest BCUT2D eigenvalue weighted by Crippen LogP contribution is -2.54. The number of alkyl halides is 3. The minimum atomic E-state index is -4.25. The first-order valence-corrected chi connectivity index (χ1v) is 16.2. The lowest BCUT2D eigenvalue weighted by Gasteiger charge is -2.39. The monoisotopic (exact) mass is 622 g/mol. The summed E-state index contributed by atoms with van der Waals surface area (Å²) in [6.45, 7) is 11.2. The molecule has 3 fully saturated rings. The van der Waals surface area contributed by atoms with E-state index in [9.17, 15) is 18.4 Å². The van der Waals surface area contributed by atoms with Crippen molar-refractivity contribution < 1.29 is 13.2 Å². The highest BCUT2D eigenvalue weighted by atomic mass is 32.1. The molecule has 3 aromatic heterocycles. The molecule has 44 heavy (non-hydrogen) atoms. The van der Waals surface area contributed by atoms with Gasteiger partial charge in [0.05, 0.1) is 11.8 Å². The van der Waals surface area contributed by atoms with Crippen LogP contribution in [-0.2, 0) is 19.5 Å². The van der Waals surface area contributed by atoms with Crippen molar-refractivity contribution in [1.29, 1.82) is 5.26 Å². The molecule has 4 aromatic rings. The molecule has 1 spiro atoms. The third-order valence-corrected chi connectivity index (χ3v) is 10.9. The van der Waals surface area contributed by atoms with Crippen LogP contribution in [0.4, 0.5) is 19.0 Å². The highest BCUT2D eigenvalue weighted by Crippen LogP contribution is 2.35. The van der Waals surface area contributed by atoms with Crippen molar-refractivity contribution >= 4 is 38.3 Å². The summed E-state index contributed by atoms with van der Waals surface area (Å²) in [5, 5.41) is 18.7. The zero-order valence-corrected chi connectivity index (χ0v) is 25.7. The van der Waals surface area contributed by atoms with Gasteiger partial charge >= 0.3 is 6.18 Å². The standard InChI is InChI=1S/C32H37F3N8S/c1-21-22(2-3-28-26(21)12-24(15-36)43(28)11-10-42-9-6-31(19-42)17-37-18-31)16-41-7-4-23(5-8-41)40-29-27-13-25(14-32(33,34)35)44-30(27)39-20-38-29/h2-3,12-13,20,23,37H,4-11,14,16-19H2,1H3,(H,38,39,40). The zero-order valence-electron chi connectivity index (χ0n) is 24.9. The molecule has 0 bridgehead atoms. The van der Waals surface area contributed by atoms with Crippen LogP contribution < -0.4 is 10.6 Å². The number of aromatic nitrogens is 3. The first kappa shape index (κ1) is 29.5. The predicted molar refractivity (Wildman–Crippen MR) is 167 cm³/mol. The first-order valence-electron chi connectivity index (χ1n) is 15.4. The fraction of sp³-hybridized carbons (Fsp3) is 0.531. The van der Waals surface area contributed by atoms with Gasteiger partial charge in [-0.25, -0.2) is 9.97 Å². The van der Waals surface area contributed by atoms with Gasteiger partial charge in [0.2, 0.25) is 0 Å². The van der Waals surface area contributed by atoms with Gasteiger partial charge in [0.25, 0.3) is 0 Å². The molecular weight excluding hydrogens is 585 g/mol. The number of nitrogens with one attached hydrogen (secondary N) is 2. The number of thiophene rings is 1. The lowest BCUT2D eigenvalue weighted by atomic mass is 9.81. The molecule has 6 heterocycles. The Morgan fingerprint density at radius 2 is 1.91 bits per heavy atom. The molecule has 3 aliphatic rings. The minimum Gasteiger partial charge on any atom is -0.367 e. The van der Waals surface area contributed by atoms with Gasteiger partial charge < -0.3 is 20.1 Å². The molecular formula is C32H37F3N8S. The number of nitriles is 1. The van der Waals surface area contributed by atoms with E-state index in [0.717, 1.165) is 99.7 Å². The summed E-state index contributed by atoms with van der Waals surface area (Å²) in [6.07, 6.45) is -0.684.